The average Bonchev–Trinajstić information content (AvgIpc) is 2.36. The van der Waals surface area contributed by atoms with Crippen LogP contribution in [0, 0.1) is 0 Å². The van der Waals surface area contributed by atoms with E-state index in [1.165, 1.54) is 0 Å². The zero-order chi connectivity index (χ0) is 14.4. The van der Waals surface area contributed by atoms with Gasteiger partial charge in [-0.2, -0.15) is 15.0 Å². The van der Waals surface area contributed by atoms with E-state index in [4.69, 9.17) is 5.73 Å². The summed E-state index contributed by atoms with van der Waals surface area (Å²) in [6.45, 7) is 6.10. The highest BCUT2D eigenvalue weighted by Gasteiger charge is 2.08. The molecule has 0 aliphatic heterocycles. The van der Waals surface area contributed by atoms with Gasteiger partial charge in [0.2, 0.25) is 17.8 Å². The van der Waals surface area contributed by atoms with Crippen LogP contribution in [0.25, 0.3) is 0 Å². The molecule has 1 aromatic heterocycles. The molecule has 0 spiro atoms. The van der Waals surface area contributed by atoms with Crippen LogP contribution < -0.4 is 16.0 Å². The van der Waals surface area contributed by atoms with E-state index in [1.807, 2.05) is 14.1 Å². The molecule has 0 aliphatic rings. The zero-order valence-corrected chi connectivity index (χ0v) is 12.5. The molecule has 0 aliphatic carbocycles. The number of nitrogens with zero attached hydrogens (tertiary/aromatic N) is 5. The Morgan fingerprint density at radius 3 is 2.47 bits per heavy atom. The third kappa shape index (κ3) is 4.86. The number of nitrogens with one attached hydrogen (secondary N) is 1. The monoisotopic (exact) mass is 267 g/mol. The lowest BCUT2D eigenvalue weighted by Gasteiger charge is -2.23. The van der Waals surface area contributed by atoms with Gasteiger partial charge >= 0.3 is 0 Å². The Hall–Kier alpha value is -1.63. The van der Waals surface area contributed by atoms with E-state index in [2.05, 4.69) is 46.1 Å². The maximum absolute atomic E-state index is 5.66. The minimum atomic E-state index is 0.233. The van der Waals surface area contributed by atoms with Crippen molar-refractivity contribution >= 4 is 17.8 Å². The number of hydrogen-bond donors (Lipinski definition) is 2. The quantitative estimate of drug-likeness (QED) is 0.751. The van der Waals surface area contributed by atoms with Crippen molar-refractivity contribution < 1.29 is 0 Å². The van der Waals surface area contributed by atoms with Crippen LogP contribution in [0.4, 0.5) is 17.8 Å². The minimum absolute atomic E-state index is 0.233. The SMILES string of the molecule is CCC(C)N(C)CCNc1nc(N)nc(N(C)C)n1. The van der Waals surface area contributed by atoms with Gasteiger partial charge in [0, 0.05) is 33.2 Å². The van der Waals surface area contributed by atoms with Crippen LogP contribution in [0.3, 0.4) is 0 Å². The van der Waals surface area contributed by atoms with Gasteiger partial charge in [-0.25, -0.2) is 0 Å². The number of hydrogen-bond acceptors (Lipinski definition) is 7. The second kappa shape index (κ2) is 7.08. The van der Waals surface area contributed by atoms with Crippen LogP contribution in [-0.2, 0) is 0 Å². The molecular formula is C12H25N7. The summed E-state index contributed by atoms with van der Waals surface area (Å²) in [5.41, 5.74) is 5.66. The molecule has 7 nitrogen and oxygen atoms in total. The third-order valence-corrected chi connectivity index (χ3v) is 3.13. The first-order chi connectivity index (χ1) is 8.93. The predicted octanol–water partition coefficient (Wildman–Crippen LogP) is 0.662. The zero-order valence-electron chi connectivity index (χ0n) is 12.5. The Balaban J connectivity index is 2.54. The Kier molecular flexibility index (Phi) is 5.75. The van der Waals surface area contributed by atoms with Gasteiger partial charge < -0.3 is 20.9 Å². The van der Waals surface area contributed by atoms with E-state index in [9.17, 15) is 0 Å². The van der Waals surface area contributed by atoms with Crippen LogP contribution in [0.15, 0.2) is 0 Å². The molecule has 1 rings (SSSR count). The van der Waals surface area contributed by atoms with Gasteiger partial charge in [-0.15, -0.1) is 0 Å². The third-order valence-electron chi connectivity index (χ3n) is 3.13. The van der Waals surface area contributed by atoms with Gasteiger partial charge in [0.25, 0.3) is 0 Å². The molecule has 0 bridgehead atoms. The minimum Gasteiger partial charge on any atom is -0.368 e. The molecule has 0 fully saturated rings. The molecule has 7 heteroatoms. The molecular weight excluding hydrogens is 242 g/mol. The van der Waals surface area contributed by atoms with E-state index in [1.54, 1.807) is 4.90 Å². The molecule has 1 aromatic rings. The summed E-state index contributed by atoms with van der Waals surface area (Å²) in [4.78, 5) is 16.5. The molecule has 0 radical (unpaired) electrons. The van der Waals surface area contributed by atoms with Crippen LogP contribution in [0.2, 0.25) is 0 Å². The largest absolute Gasteiger partial charge is 0.368 e. The summed E-state index contributed by atoms with van der Waals surface area (Å²) >= 11 is 0. The number of rotatable bonds is 7. The number of anilines is 3. The number of likely N-dealkylation sites (N-methyl/N-ethyl adjacent to an activating group) is 1. The Morgan fingerprint density at radius 1 is 1.21 bits per heavy atom. The van der Waals surface area contributed by atoms with E-state index in [0.29, 0.717) is 17.9 Å². The Labute approximate surface area is 115 Å². The van der Waals surface area contributed by atoms with Gasteiger partial charge in [0.05, 0.1) is 0 Å². The van der Waals surface area contributed by atoms with Crippen molar-refractivity contribution in [1.29, 1.82) is 0 Å². The van der Waals surface area contributed by atoms with Crippen molar-refractivity contribution in [1.82, 2.24) is 19.9 Å². The van der Waals surface area contributed by atoms with Crippen LogP contribution in [-0.4, -0.2) is 60.1 Å². The molecule has 0 saturated carbocycles. The van der Waals surface area contributed by atoms with Gasteiger partial charge in [-0.05, 0) is 20.4 Å². The van der Waals surface area contributed by atoms with E-state index < -0.39 is 0 Å². The van der Waals surface area contributed by atoms with Gasteiger partial charge in [0.15, 0.2) is 0 Å². The normalized spacial score (nSPS) is 12.5. The lowest BCUT2D eigenvalue weighted by molar-refractivity contribution is 0.261. The second-order valence-corrected chi connectivity index (χ2v) is 4.88. The molecule has 0 amide bonds. The van der Waals surface area contributed by atoms with Crippen molar-refractivity contribution in [2.75, 3.05) is 50.2 Å². The summed E-state index contributed by atoms with van der Waals surface area (Å²) in [5.74, 6) is 1.32. The molecule has 108 valence electrons. The Bertz CT molecular complexity index is 394. The maximum Gasteiger partial charge on any atom is 0.231 e. The van der Waals surface area contributed by atoms with Crippen LogP contribution in [0.1, 0.15) is 20.3 Å². The van der Waals surface area contributed by atoms with E-state index >= 15 is 0 Å². The van der Waals surface area contributed by atoms with Gasteiger partial charge in [0.1, 0.15) is 0 Å². The molecule has 1 unspecified atom stereocenters. The van der Waals surface area contributed by atoms with E-state index in [-0.39, 0.29) is 5.95 Å². The molecule has 19 heavy (non-hydrogen) atoms. The first-order valence-corrected chi connectivity index (χ1v) is 6.57. The van der Waals surface area contributed by atoms with E-state index in [0.717, 1.165) is 19.5 Å². The first kappa shape index (κ1) is 15.4. The molecule has 0 saturated heterocycles. The fourth-order valence-corrected chi connectivity index (χ4v) is 1.54. The van der Waals surface area contributed by atoms with Crippen molar-refractivity contribution in [2.24, 2.45) is 0 Å². The summed E-state index contributed by atoms with van der Waals surface area (Å²) in [5, 5.41) is 3.18. The smallest absolute Gasteiger partial charge is 0.231 e. The average molecular weight is 267 g/mol. The summed E-state index contributed by atoms with van der Waals surface area (Å²) in [6, 6.07) is 0.572. The lowest BCUT2D eigenvalue weighted by atomic mass is 10.2. The standard InChI is InChI=1S/C12H25N7/c1-6-9(2)19(5)8-7-14-11-15-10(13)16-12(17-11)18(3)4/h9H,6-8H2,1-5H3,(H3,13,14,15,16,17). The van der Waals surface area contributed by atoms with Crippen molar-refractivity contribution in [3.05, 3.63) is 0 Å². The fraction of sp³-hybridized carbons (Fsp3) is 0.750. The summed E-state index contributed by atoms with van der Waals surface area (Å²) in [7, 11) is 5.85. The first-order valence-electron chi connectivity index (χ1n) is 6.57. The highest BCUT2D eigenvalue weighted by molar-refractivity contribution is 5.40. The molecule has 1 atom stereocenters. The number of nitrogen functional groups attached to an aromatic ring is 1. The van der Waals surface area contributed by atoms with Crippen molar-refractivity contribution in [2.45, 2.75) is 26.3 Å². The lowest BCUT2D eigenvalue weighted by Crippen LogP contribution is -2.33. The van der Waals surface area contributed by atoms with Gasteiger partial charge in [-0.1, -0.05) is 6.92 Å². The summed E-state index contributed by atoms with van der Waals surface area (Å²) in [6.07, 6.45) is 1.14. The van der Waals surface area contributed by atoms with Crippen LogP contribution in [0.5, 0.6) is 0 Å². The topological polar surface area (TPSA) is 83.2 Å². The highest BCUT2D eigenvalue weighted by Crippen LogP contribution is 2.08. The maximum atomic E-state index is 5.66. The van der Waals surface area contributed by atoms with Crippen molar-refractivity contribution in [3.63, 3.8) is 0 Å². The van der Waals surface area contributed by atoms with Gasteiger partial charge in [-0.3, -0.25) is 0 Å². The Morgan fingerprint density at radius 2 is 1.89 bits per heavy atom. The molecule has 1 heterocycles. The number of nitrogens with two attached hydrogens (primary N) is 1. The fourth-order valence-electron chi connectivity index (χ4n) is 1.54. The molecule has 3 N–H and O–H groups in total. The summed E-state index contributed by atoms with van der Waals surface area (Å²) < 4.78 is 0. The number of aromatic nitrogens is 3. The highest BCUT2D eigenvalue weighted by atomic mass is 15.3. The second-order valence-electron chi connectivity index (χ2n) is 4.88. The van der Waals surface area contributed by atoms with Crippen molar-refractivity contribution in [3.8, 4) is 0 Å². The predicted molar refractivity (Wildman–Crippen MR) is 79.4 cm³/mol. The van der Waals surface area contributed by atoms with Crippen LogP contribution >= 0.6 is 0 Å². The molecule has 0 aromatic carbocycles.